The van der Waals surface area contributed by atoms with Gasteiger partial charge in [0, 0.05) is 10.6 Å². The maximum Gasteiger partial charge on any atom is 0.247 e. The molecule has 0 bridgehead atoms. The topological polar surface area (TPSA) is 38.9 Å². The van der Waals surface area contributed by atoms with Gasteiger partial charge in [-0.15, -0.1) is 10.2 Å². The predicted octanol–water partition coefficient (Wildman–Crippen LogP) is 5.13. The lowest BCUT2D eigenvalue weighted by molar-refractivity contribution is 0.518. The lowest BCUT2D eigenvalue weighted by atomic mass is 10.0. The molecule has 4 rings (SSSR count). The number of hydrogen-bond donors (Lipinski definition) is 0. The molecule has 23 heavy (non-hydrogen) atoms. The zero-order chi connectivity index (χ0) is 15.6. The normalized spacial score (nSPS) is 11.0. The van der Waals surface area contributed by atoms with Gasteiger partial charge in [-0.25, -0.2) is 0 Å². The van der Waals surface area contributed by atoms with E-state index in [4.69, 9.17) is 16.0 Å². The van der Waals surface area contributed by atoms with Gasteiger partial charge in [-0.3, -0.25) is 0 Å². The van der Waals surface area contributed by atoms with Crippen LogP contribution in [0, 0.1) is 0 Å². The summed E-state index contributed by atoms with van der Waals surface area (Å²) >= 11 is 5.90. The first-order valence-electron chi connectivity index (χ1n) is 7.34. The Hall–Kier alpha value is -2.65. The molecule has 3 aromatic carbocycles. The Labute approximate surface area is 138 Å². The van der Waals surface area contributed by atoms with Gasteiger partial charge in [0.15, 0.2) is 0 Å². The van der Waals surface area contributed by atoms with Crippen LogP contribution < -0.4 is 0 Å². The molecule has 0 fully saturated rings. The van der Waals surface area contributed by atoms with Crippen molar-refractivity contribution in [2.45, 2.75) is 6.42 Å². The van der Waals surface area contributed by atoms with Crippen LogP contribution in [0.4, 0.5) is 0 Å². The summed E-state index contributed by atoms with van der Waals surface area (Å²) in [6.45, 7) is 0. The molecular weight excluding hydrogens is 308 g/mol. The molecule has 0 spiro atoms. The van der Waals surface area contributed by atoms with E-state index in [0.29, 0.717) is 23.2 Å². The molecule has 0 N–H and O–H groups in total. The van der Waals surface area contributed by atoms with Gasteiger partial charge in [0.1, 0.15) is 0 Å². The van der Waals surface area contributed by atoms with Crippen LogP contribution in [0.1, 0.15) is 11.5 Å². The minimum Gasteiger partial charge on any atom is -0.420 e. The standard InChI is InChI=1S/C19H13ClN2O/c20-16-10-8-14(9-11-16)19-22-21-18(23-19)12-15-6-3-5-13-4-1-2-7-17(13)15/h1-11H,12H2. The lowest BCUT2D eigenvalue weighted by Gasteiger charge is -2.03. The Kier molecular flexibility index (Phi) is 3.56. The van der Waals surface area contributed by atoms with Gasteiger partial charge < -0.3 is 4.42 Å². The molecule has 1 heterocycles. The predicted molar refractivity (Wildman–Crippen MR) is 91.5 cm³/mol. The third kappa shape index (κ3) is 2.83. The van der Waals surface area contributed by atoms with E-state index in [1.165, 1.54) is 16.3 Å². The Bertz CT molecular complexity index is 955. The van der Waals surface area contributed by atoms with Gasteiger partial charge in [0.05, 0.1) is 6.42 Å². The van der Waals surface area contributed by atoms with Crippen molar-refractivity contribution in [1.82, 2.24) is 10.2 Å². The van der Waals surface area contributed by atoms with E-state index in [-0.39, 0.29) is 0 Å². The quantitative estimate of drug-likeness (QED) is 0.525. The highest BCUT2D eigenvalue weighted by Gasteiger charge is 2.10. The molecular formula is C19H13ClN2O. The second-order valence-corrected chi connectivity index (χ2v) is 5.76. The van der Waals surface area contributed by atoms with Crippen LogP contribution in [0.5, 0.6) is 0 Å². The van der Waals surface area contributed by atoms with Gasteiger partial charge in [-0.2, -0.15) is 0 Å². The monoisotopic (exact) mass is 320 g/mol. The van der Waals surface area contributed by atoms with E-state index in [9.17, 15) is 0 Å². The third-order valence-electron chi connectivity index (χ3n) is 3.78. The third-order valence-corrected chi connectivity index (χ3v) is 4.03. The first-order chi connectivity index (χ1) is 11.3. The van der Waals surface area contributed by atoms with Crippen molar-refractivity contribution in [3.63, 3.8) is 0 Å². The molecule has 3 nitrogen and oxygen atoms in total. The molecule has 0 saturated carbocycles. The Morgan fingerprint density at radius 1 is 0.826 bits per heavy atom. The van der Waals surface area contributed by atoms with E-state index >= 15 is 0 Å². The van der Waals surface area contributed by atoms with Crippen molar-refractivity contribution in [3.05, 3.63) is 83.2 Å². The first-order valence-corrected chi connectivity index (χ1v) is 7.72. The van der Waals surface area contributed by atoms with Crippen molar-refractivity contribution >= 4 is 22.4 Å². The van der Waals surface area contributed by atoms with E-state index in [2.05, 4.69) is 34.5 Å². The van der Waals surface area contributed by atoms with Gasteiger partial charge in [-0.1, -0.05) is 54.1 Å². The summed E-state index contributed by atoms with van der Waals surface area (Å²) in [5, 5.41) is 11.4. The summed E-state index contributed by atoms with van der Waals surface area (Å²) in [7, 11) is 0. The summed E-state index contributed by atoms with van der Waals surface area (Å²) in [4.78, 5) is 0. The Balaban J connectivity index is 1.66. The molecule has 0 aliphatic rings. The van der Waals surface area contributed by atoms with Crippen molar-refractivity contribution in [2.24, 2.45) is 0 Å². The van der Waals surface area contributed by atoms with Crippen LogP contribution in [0.2, 0.25) is 5.02 Å². The largest absolute Gasteiger partial charge is 0.420 e. The summed E-state index contributed by atoms with van der Waals surface area (Å²) < 4.78 is 5.80. The van der Waals surface area contributed by atoms with Crippen LogP contribution in [-0.2, 0) is 6.42 Å². The van der Waals surface area contributed by atoms with E-state index in [1.807, 2.05) is 42.5 Å². The summed E-state index contributed by atoms with van der Waals surface area (Å²) in [5.41, 5.74) is 2.04. The van der Waals surface area contributed by atoms with Crippen molar-refractivity contribution in [2.75, 3.05) is 0 Å². The van der Waals surface area contributed by atoms with Crippen molar-refractivity contribution in [3.8, 4) is 11.5 Å². The van der Waals surface area contributed by atoms with Crippen molar-refractivity contribution in [1.29, 1.82) is 0 Å². The molecule has 0 aliphatic carbocycles. The molecule has 1 aromatic heterocycles. The van der Waals surface area contributed by atoms with E-state index in [1.54, 1.807) is 0 Å². The molecule has 0 saturated heterocycles. The number of aromatic nitrogens is 2. The fourth-order valence-corrected chi connectivity index (χ4v) is 2.77. The van der Waals surface area contributed by atoms with E-state index in [0.717, 1.165) is 5.56 Å². The number of rotatable bonds is 3. The molecule has 0 radical (unpaired) electrons. The van der Waals surface area contributed by atoms with Crippen LogP contribution in [0.3, 0.4) is 0 Å². The van der Waals surface area contributed by atoms with E-state index < -0.39 is 0 Å². The number of benzene rings is 3. The Morgan fingerprint density at radius 3 is 2.48 bits per heavy atom. The molecule has 0 aliphatic heterocycles. The zero-order valence-electron chi connectivity index (χ0n) is 12.2. The SMILES string of the molecule is Clc1ccc(-c2nnc(Cc3cccc4ccccc34)o2)cc1. The first kappa shape index (κ1) is 14.0. The molecule has 0 unspecified atom stereocenters. The minimum absolute atomic E-state index is 0.511. The second-order valence-electron chi connectivity index (χ2n) is 5.32. The maximum absolute atomic E-state index is 5.90. The van der Waals surface area contributed by atoms with Gasteiger partial charge >= 0.3 is 0 Å². The molecule has 0 atom stereocenters. The maximum atomic E-state index is 5.90. The Morgan fingerprint density at radius 2 is 1.61 bits per heavy atom. The summed E-state index contributed by atoms with van der Waals surface area (Å²) in [5.74, 6) is 1.11. The smallest absolute Gasteiger partial charge is 0.247 e. The average Bonchev–Trinajstić information content (AvgIpc) is 3.04. The van der Waals surface area contributed by atoms with Crippen LogP contribution in [0.15, 0.2) is 71.1 Å². The van der Waals surface area contributed by atoms with Gasteiger partial charge in [-0.05, 0) is 40.6 Å². The van der Waals surface area contributed by atoms with Gasteiger partial charge in [0.2, 0.25) is 11.8 Å². The molecule has 112 valence electrons. The molecule has 4 aromatic rings. The molecule has 4 heteroatoms. The second kappa shape index (κ2) is 5.86. The highest BCUT2D eigenvalue weighted by Crippen LogP contribution is 2.24. The summed E-state index contributed by atoms with van der Waals surface area (Å²) in [6.07, 6.45) is 0.613. The van der Waals surface area contributed by atoms with Crippen LogP contribution in [-0.4, -0.2) is 10.2 Å². The van der Waals surface area contributed by atoms with Crippen LogP contribution in [0.25, 0.3) is 22.2 Å². The zero-order valence-corrected chi connectivity index (χ0v) is 13.0. The minimum atomic E-state index is 0.511. The van der Waals surface area contributed by atoms with Gasteiger partial charge in [0.25, 0.3) is 0 Å². The fourth-order valence-electron chi connectivity index (χ4n) is 2.64. The van der Waals surface area contributed by atoms with Crippen molar-refractivity contribution < 1.29 is 4.42 Å². The number of hydrogen-bond acceptors (Lipinski definition) is 3. The number of nitrogens with zero attached hydrogens (tertiary/aromatic N) is 2. The average molecular weight is 321 g/mol. The van der Waals surface area contributed by atoms with Crippen LogP contribution >= 0.6 is 11.6 Å². The number of halogens is 1. The molecule has 0 amide bonds. The lowest BCUT2D eigenvalue weighted by Crippen LogP contribution is -1.90. The summed E-state index contributed by atoms with van der Waals surface area (Å²) in [6, 6.07) is 21.9. The highest BCUT2D eigenvalue weighted by atomic mass is 35.5. The fraction of sp³-hybridized carbons (Fsp3) is 0.0526. The highest BCUT2D eigenvalue weighted by molar-refractivity contribution is 6.30. The number of fused-ring (bicyclic) bond motifs is 1.